The van der Waals surface area contributed by atoms with Crippen molar-refractivity contribution in [1.29, 1.82) is 0 Å². The second kappa shape index (κ2) is 12.1. The van der Waals surface area contributed by atoms with Crippen LogP contribution in [0.4, 0.5) is 0 Å². The predicted octanol–water partition coefficient (Wildman–Crippen LogP) is 4.68. The lowest BCUT2D eigenvalue weighted by Gasteiger charge is -2.28. The van der Waals surface area contributed by atoms with E-state index in [1.54, 1.807) is 19.4 Å². The monoisotopic (exact) mass is 467 g/mol. The number of benzene rings is 1. The first-order valence-electron chi connectivity index (χ1n) is 11.4. The van der Waals surface area contributed by atoms with Gasteiger partial charge in [-0.15, -0.1) is 0 Å². The average Bonchev–Trinajstić information content (AvgIpc) is 3.49. The molecule has 1 atom stereocenters. The second-order valence-electron chi connectivity index (χ2n) is 7.83. The minimum atomic E-state index is -0.179. The summed E-state index contributed by atoms with van der Waals surface area (Å²) in [4.78, 5) is 14.7. The topological polar surface area (TPSA) is 90.0 Å². The second-order valence-corrected chi connectivity index (χ2v) is 7.83. The molecule has 0 aliphatic rings. The van der Waals surface area contributed by atoms with Gasteiger partial charge in [0.15, 0.2) is 11.5 Å². The van der Waals surface area contributed by atoms with E-state index >= 15 is 0 Å². The maximum atomic E-state index is 12.5. The summed E-state index contributed by atoms with van der Waals surface area (Å²) in [6.45, 7) is 10.4. The lowest BCUT2D eigenvalue weighted by molar-refractivity contribution is -0.116. The Morgan fingerprint density at radius 3 is 2.62 bits per heavy atom. The van der Waals surface area contributed by atoms with Crippen LogP contribution in [0.25, 0.3) is 6.08 Å². The molecular weight excluding hydrogens is 434 g/mol. The maximum absolute atomic E-state index is 12.5. The standard InChI is InChI=1S/C26H33N3O5/c1-6-29(7-2)22(23-9-8-14-32-23)16-27-26(30)13-11-20-10-12-24(25(15-20)31-5)33-17-21-18(3)28-34-19(21)4/h8-15,22H,6-7,16-17H2,1-5H3,(H,27,30)/b13-11+. The number of aromatic nitrogens is 1. The summed E-state index contributed by atoms with van der Waals surface area (Å²) in [6, 6.07) is 9.30. The minimum absolute atomic E-state index is 0.0171. The third-order valence-electron chi connectivity index (χ3n) is 5.76. The van der Waals surface area contributed by atoms with Crippen LogP contribution in [0.1, 0.15) is 48.2 Å². The summed E-state index contributed by atoms with van der Waals surface area (Å²) < 4.78 is 22.2. The van der Waals surface area contributed by atoms with Gasteiger partial charge in [-0.3, -0.25) is 9.69 Å². The molecule has 8 heteroatoms. The third kappa shape index (κ3) is 6.29. The molecule has 3 rings (SSSR count). The van der Waals surface area contributed by atoms with Gasteiger partial charge >= 0.3 is 0 Å². The zero-order chi connectivity index (χ0) is 24.5. The predicted molar refractivity (Wildman–Crippen MR) is 130 cm³/mol. The molecule has 0 spiro atoms. The zero-order valence-corrected chi connectivity index (χ0v) is 20.5. The Bertz CT molecular complexity index is 1060. The molecule has 8 nitrogen and oxygen atoms in total. The van der Waals surface area contributed by atoms with Gasteiger partial charge in [0.1, 0.15) is 18.1 Å². The number of methoxy groups -OCH3 is 1. The highest BCUT2D eigenvalue weighted by Crippen LogP contribution is 2.30. The Hall–Kier alpha value is -3.52. The van der Waals surface area contributed by atoms with Crippen molar-refractivity contribution in [2.45, 2.75) is 40.3 Å². The average molecular weight is 468 g/mol. The minimum Gasteiger partial charge on any atom is -0.493 e. The van der Waals surface area contributed by atoms with Gasteiger partial charge in [-0.25, -0.2) is 0 Å². The summed E-state index contributed by atoms with van der Waals surface area (Å²) in [5, 5.41) is 6.92. The largest absolute Gasteiger partial charge is 0.493 e. The molecule has 1 amide bonds. The molecule has 0 aliphatic heterocycles. The summed E-state index contributed by atoms with van der Waals surface area (Å²) in [5.74, 6) is 2.57. The Morgan fingerprint density at radius 1 is 1.21 bits per heavy atom. The van der Waals surface area contributed by atoms with Gasteiger partial charge in [-0.2, -0.15) is 0 Å². The number of carbonyl (C=O) groups is 1. The SMILES string of the molecule is CCN(CC)C(CNC(=O)/C=C/c1ccc(OCc2c(C)noc2C)c(OC)c1)c1ccco1. The van der Waals surface area contributed by atoms with Gasteiger partial charge in [-0.05, 0) is 62.8 Å². The smallest absolute Gasteiger partial charge is 0.244 e. The van der Waals surface area contributed by atoms with Crippen LogP contribution < -0.4 is 14.8 Å². The van der Waals surface area contributed by atoms with E-state index in [0.717, 1.165) is 41.4 Å². The summed E-state index contributed by atoms with van der Waals surface area (Å²) >= 11 is 0. The number of aryl methyl sites for hydroxylation is 2. The van der Waals surface area contributed by atoms with Crippen molar-refractivity contribution in [3.63, 3.8) is 0 Å². The van der Waals surface area contributed by atoms with Crippen LogP contribution in [0.2, 0.25) is 0 Å². The van der Waals surface area contributed by atoms with Crippen molar-refractivity contribution in [1.82, 2.24) is 15.4 Å². The molecule has 0 saturated carbocycles. The fourth-order valence-corrected chi connectivity index (χ4v) is 3.75. The molecule has 2 aromatic heterocycles. The first-order valence-corrected chi connectivity index (χ1v) is 11.4. The Kier molecular flexibility index (Phi) is 8.93. The third-order valence-corrected chi connectivity index (χ3v) is 5.76. The molecule has 0 aliphatic carbocycles. The van der Waals surface area contributed by atoms with Crippen LogP contribution in [0.3, 0.4) is 0 Å². The summed E-state index contributed by atoms with van der Waals surface area (Å²) in [7, 11) is 1.58. The number of likely N-dealkylation sites (N-methyl/N-ethyl adjacent to an activating group) is 1. The fraction of sp³-hybridized carbons (Fsp3) is 0.385. The van der Waals surface area contributed by atoms with Crippen molar-refractivity contribution in [3.8, 4) is 11.5 Å². The van der Waals surface area contributed by atoms with Crippen molar-refractivity contribution in [2.75, 3.05) is 26.7 Å². The van der Waals surface area contributed by atoms with Crippen molar-refractivity contribution < 1.29 is 23.2 Å². The van der Waals surface area contributed by atoms with Crippen molar-refractivity contribution in [3.05, 3.63) is 71.0 Å². The van der Waals surface area contributed by atoms with E-state index in [-0.39, 0.29) is 11.9 Å². The lowest BCUT2D eigenvalue weighted by atomic mass is 10.1. The maximum Gasteiger partial charge on any atom is 0.244 e. The number of nitrogens with one attached hydrogen (secondary N) is 1. The van der Waals surface area contributed by atoms with Crippen molar-refractivity contribution >= 4 is 12.0 Å². The molecule has 0 saturated heterocycles. The quantitative estimate of drug-likeness (QED) is 0.387. The number of furan rings is 1. The molecule has 0 fully saturated rings. The van der Waals surface area contributed by atoms with Crippen molar-refractivity contribution in [2.24, 2.45) is 0 Å². The summed E-state index contributed by atoms with van der Waals surface area (Å²) in [6.07, 6.45) is 4.92. The van der Waals surface area contributed by atoms with Gasteiger partial charge < -0.3 is 23.7 Å². The van der Waals surface area contributed by atoms with E-state index in [4.69, 9.17) is 18.4 Å². The molecule has 1 aromatic carbocycles. The first-order chi connectivity index (χ1) is 16.5. The van der Waals surface area contributed by atoms with E-state index in [1.807, 2.05) is 44.2 Å². The Balaban J connectivity index is 1.61. The molecule has 0 bridgehead atoms. The van der Waals surface area contributed by atoms with Crippen LogP contribution in [0.15, 0.2) is 51.6 Å². The van der Waals surface area contributed by atoms with Crippen LogP contribution in [-0.4, -0.2) is 42.7 Å². The van der Waals surface area contributed by atoms with Gasteiger partial charge in [0.05, 0.1) is 30.7 Å². The number of amides is 1. The van der Waals surface area contributed by atoms with Gasteiger partial charge in [0, 0.05) is 12.6 Å². The Labute approximate surface area is 200 Å². The van der Waals surface area contributed by atoms with Gasteiger partial charge in [0.2, 0.25) is 5.91 Å². The van der Waals surface area contributed by atoms with E-state index in [9.17, 15) is 4.79 Å². The highest BCUT2D eigenvalue weighted by Gasteiger charge is 2.20. The molecule has 1 unspecified atom stereocenters. The lowest BCUT2D eigenvalue weighted by Crippen LogP contribution is -2.37. The molecule has 182 valence electrons. The molecular formula is C26H33N3O5. The number of carbonyl (C=O) groups excluding carboxylic acids is 1. The normalized spacial score (nSPS) is 12.3. The molecule has 34 heavy (non-hydrogen) atoms. The number of hydrogen-bond acceptors (Lipinski definition) is 7. The highest BCUT2D eigenvalue weighted by atomic mass is 16.5. The van der Waals surface area contributed by atoms with E-state index in [1.165, 1.54) is 6.08 Å². The summed E-state index contributed by atoms with van der Waals surface area (Å²) in [5.41, 5.74) is 2.54. The van der Waals surface area contributed by atoms with Crippen LogP contribution in [0.5, 0.6) is 11.5 Å². The van der Waals surface area contributed by atoms with E-state index in [2.05, 4.69) is 29.2 Å². The number of nitrogens with zero attached hydrogens (tertiary/aromatic N) is 2. The van der Waals surface area contributed by atoms with E-state index in [0.29, 0.717) is 24.7 Å². The molecule has 0 radical (unpaired) electrons. The molecule has 1 N–H and O–H groups in total. The zero-order valence-electron chi connectivity index (χ0n) is 20.5. The first kappa shape index (κ1) is 25.1. The fourth-order valence-electron chi connectivity index (χ4n) is 3.75. The van der Waals surface area contributed by atoms with E-state index < -0.39 is 0 Å². The molecule has 3 aromatic rings. The van der Waals surface area contributed by atoms with Crippen LogP contribution >= 0.6 is 0 Å². The van der Waals surface area contributed by atoms with Crippen LogP contribution in [-0.2, 0) is 11.4 Å². The number of ether oxygens (including phenoxy) is 2. The molecule has 2 heterocycles. The number of hydrogen-bond donors (Lipinski definition) is 1. The van der Waals surface area contributed by atoms with Gasteiger partial charge in [0.25, 0.3) is 0 Å². The highest BCUT2D eigenvalue weighted by molar-refractivity contribution is 5.91. The Morgan fingerprint density at radius 2 is 2.00 bits per heavy atom. The van der Waals surface area contributed by atoms with Gasteiger partial charge in [-0.1, -0.05) is 25.1 Å². The van der Waals surface area contributed by atoms with Crippen LogP contribution in [0, 0.1) is 13.8 Å². The number of rotatable bonds is 12.